The topological polar surface area (TPSA) is 90.9 Å². The molecular formula is C27H25N7O. The van der Waals surface area contributed by atoms with Crippen molar-refractivity contribution in [2.75, 3.05) is 38.1 Å². The van der Waals surface area contributed by atoms with E-state index in [0.717, 1.165) is 65.1 Å². The van der Waals surface area contributed by atoms with Crippen LogP contribution in [0.15, 0.2) is 67.3 Å². The average Bonchev–Trinajstić information content (AvgIpc) is 3.37. The minimum absolute atomic E-state index is 0.0142. The molecule has 6 rings (SSSR count). The maximum absolute atomic E-state index is 13.1. The number of hydrogen-bond donors (Lipinski definition) is 1. The first-order valence-corrected chi connectivity index (χ1v) is 11.7. The number of ketones is 1. The van der Waals surface area contributed by atoms with E-state index in [9.17, 15) is 4.79 Å². The van der Waals surface area contributed by atoms with Gasteiger partial charge < -0.3 is 14.8 Å². The number of pyridine rings is 2. The first-order valence-electron chi connectivity index (χ1n) is 11.7. The minimum atomic E-state index is -0.0142. The number of Topliss-reactive ketones (excluding diaryl/α,β-unsaturated/α-hetero) is 1. The fourth-order valence-electron chi connectivity index (χ4n) is 4.46. The van der Waals surface area contributed by atoms with Gasteiger partial charge in [0.05, 0.1) is 23.0 Å². The highest BCUT2D eigenvalue weighted by Crippen LogP contribution is 2.25. The fraction of sp³-hybridized carbons (Fsp3) is 0.222. The number of benzene rings is 1. The maximum atomic E-state index is 13.1. The van der Waals surface area contributed by atoms with Crippen LogP contribution in [-0.4, -0.2) is 68.8 Å². The second kappa shape index (κ2) is 8.88. The summed E-state index contributed by atoms with van der Waals surface area (Å²) in [6, 6.07) is 13.7. The molecule has 0 amide bonds. The summed E-state index contributed by atoms with van der Waals surface area (Å²) < 4.78 is 0. The van der Waals surface area contributed by atoms with Gasteiger partial charge in [-0.2, -0.15) is 0 Å². The van der Waals surface area contributed by atoms with Crippen molar-refractivity contribution in [3.63, 3.8) is 0 Å². The van der Waals surface area contributed by atoms with E-state index in [1.54, 1.807) is 18.5 Å². The summed E-state index contributed by atoms with van der Waals surface area (Å²) >= 11 is 0. The van der Waals surface area contributed by atoms with Crippen molar-refractivity contribution in [1.82, 2.24) is 29.8 Å². The van der Waals surface area contributed by atoms with Crippen molar-refractivity contribution in [1.29, 1.82) is 0 Å². The number of likely N-dealkylation sites (N-methyl/N-ethyl adjacent to an activating group) is 1. The molecule has 174 valence electrons. The zero-order chi connectivity index (χ0) is 23.8. The fourth-order valence-corrected chi connectivity index (χ4v) is 4.46. The molecule has 1 aliphatic heterocycles. The number of rotatable bonds is 5. The first kappa shape index (κ1) is 21.4. The van der Waals surface area contributed by atoms with Crippen LogP contribution in [0.3, 0.4) is 0 Å². The lowest BCUT2D eigenvalue weighted by atomic mass is 10.1. The highest BCUT2D eigenvalue weighted by molar-refractivity contribution is 5.98. The van der Waals surface area contributed by atoms with Crippen molar-refractivity contribution < 1.29 is 4.79 Å². The van der Waals surface area contributed by atoms with E-state index in [2.05, 4.69) is 42.8 Å². The Kier molecular flexibility index (Phi) is 5.42. The van der Waals surface area contributed by atoms with E-state index < -0.39 is 0 Å². The van der Waals surface area contributed by atoms with Gasteiger partial charge in [-0.3, -0.25) is 9.78 Å². The number of aromatic nitrogens is 5. The Labute approximate surface area is 202 Å². The Morgan fingerprint density at radius 1 is 0.914 bits per heavy atom. The Balaban J connectivity index is 1.24. The summed E-state index contributed by atoms with van der Waals surface area (Å²) in [7, 11) is 2.12. The van der Waals surface area contributed by atoms with Crippen LogP contribution in [0, 0.1) is 0 Å². The molecule has 0 saturated carbocycles. The highest BCUT2D eigenvalue weighted by atomic mass is 16.1. The van der Waals surface area contributed by atoms with Crippen LogP contribution < -0.4 is 4.90 Å². The van der Waals surface area contributed by atoms with E-state index in [0.29, 0.717) is 11.4 Å². The number of fused-ring (bicyclic) bond motifs is 2. The number of nitrogens with zero attached hydrogens (tertiary/aromatic N) is 6. The second-order valence-electron chi connectivity index (χ2n) is 8.99. The third-order valence-corrected chi connectivity index (χ3v) is 6.58. The van der Waals surface area contributed by atoms with Gasteiger partial charge in [-0.1, -0.05) is 12.1 Å². The summed E-state index contributed by atoms with van der Waals surface area (Å²) in [5.74, 6) is 1.34. The zero-order valence-corrected chi connectivity index (χ0v) is 19.5. The number of H-pyrrole nitrogens is 1. The van der Waals surface area contributed by atoms with Crippen LogP contribution in [0.5, 0.6) is 0 Å². The second-order valence-corrected chi connectivity index (χ2v) is 8.99. The van der Waals surface area contributed by atoms with Gasteiger partial charge in [0.2, 0.25) is 0 Å². The summed E-state index contributed by atoms with van der Waals surface area (Å²) in [5.41, 5.74) is 5.39. The molecule has 0 unspecified atom stereocenters. The van der Waals surface area contributed by atoms with Gasteiger partial charge in [-0.25, -0.2) is 15.0 Å². The van der Waals surface area contributed by atoms with E-state index in [1.165, 1.54) is 0 Å². The predicted octanol–water partition coefficient (Wildman–Crippen LogP) is 3.75. The van der Waals surface area contributed by atoms with Crippen LogP contribution in [0.25, 0.3) is 33.1 Å². The molecule has 0 radical (unpaired) electrons. The van der Waals surface area contributed by atoms with Crippen LogP contribution in [0.4, 0.5) is 5.82 Å². The molecule has 1 aromatic carbocycles. The Hall–Kier alpha value is -4.17. The molecule has 1 saturated heterocycles. The molecular weight excluding hydrogens is 438 g/mol. The predicted molar refractivity (Wildman–Crippen MR) is 137 cm³/mol. The van der Waals surface area contributed by atoms with Crippen molar-refractivity contribution >= 4 is 33.5 Å². The molecule has 8 heteroatoms. The Morgan fingerprint density at radius 3 is 2.69 bits per heavy atom. The molecule has 0 spiro atoms. The minimum Gasteiger partial charge on any atom is -0.360 e. The number of nitrogens with one attached hydrogen (secondary N) is 1. The van der Waals surface area contributed by atoms with Gasteiger partial charge in [0.15, 0.2) is 5.78 Å². The average molecular weight is 464 g/mol. The number of piperazine rings is 1. The highest BCUT2D eigenvalue weighted by Gasteiger charge is 2.17. The molecule has 8 nitrogen and oxygen atoms in total. The zero-order valence-electron chi connectivity index (χ0n) is 19.5. The molecule has 1 aliphatic rings. The molecule has 0 aliphatic carbocycles. The summed E-state index contributed by atoms with van der Waals surface area (Å²) in [4.78, 5) is 39.0. The molecule has 1 N–H and O–H groups in total. The van der Waals surface area contributed by atoms with Gasteiger partial charge in [-0.05, 0) is 42.9 Å². The molecule has 1 fully saturated rings. The number of hydrogen-bond acceptors (Lipinski definition) is 7. The third-order valence-electron chi connectivity index (χ3n) is 6.58. The number of carbonyl (C=O) groups is 1. The molecule has 5 aromatic rings. The van der Waals surface area contributed by atoms with Gasteiger partial charge in [0.1, 0.15) is 11.6 Å². The molecule has 0 atom stereocenters. The van der Waals surface area contributed by atoms with Crippen molar-refractivity contribution in [2.24, 2.45) is 0 Å². The van der Waals surface area contributed by atoms with Crippen molar-refractivity contribution in [2.45, 2.75) is 6.42 Å². The molecule has 5 heterocycles. The lowest BCUT2D eigenvalue weighted by Gasteiger charge is -2.33. The molecule has 35 heavy (non-hydrogen) atoms. The van der Waals surface area contributed by atoms with Gasteiger partial charge in [0, 0.05) is 67.5 Å². The Bertz CT molecular complexity index is 1540. The number of aromatic amines is 1. The van der Waals surface area contributed by atoms with Gasteiger partial charge in [-0.15, -0.1) is 0 Å². The standard InChI is InChI=1S/C27H25N7O/c1-33-8-10-34(11-9-33)27-14-19(4-6-29-27)25(35)15-26-31-16-20-3-2-18(12-23(20)32-26)21-13-24-22(30-17-21)5-7-28-24/h2-7,12-14,16-17,28H,8-11,15H2,1H3. The summed E-state index contributed by atoms with van der Waals surface area (Å²) in [6.45, 7) is 3.79. The number of anilines is 1. The first-order chi connectivity index (χ1) is 17.1. The third kappa shape index (κ3) is 4.36. The lowest BCUT2D eigenvalue weighted by Crippen LogP contribution is -2.44. The van der Waals surface area contributed by atoms with Gasteiger partial charge in [0.25, 0.3) is 0 Å². The monoisotopic (exact) mass is 463 g/mol. The van der Waals surface area contributed by atoms with Crippen LogP contribution >= 0.6 is 0 Å². The smallest absolute Gasteiger partial charge is 0.170 e. The van der Waals surface area contributed by atoms with Crippen LogP contribution in [-0.2, 0) is 6.42 Å². The van der Waals surface area contributed by atoms with Crippen LogP contribution in [0.1, 0.15) is 16.2 Å². The number of carbonyl (C=O) groups excluding carboxylic acids is 1. The van der Waals surface area contributed by atoms with E-state index in [1.807, 2.05) is 42.7 Å². The summed E-state index contributed by atoms with van der Waals surface area (Å²) in [5, 5.41) is 0.931. The summed E-state index contributed by atoms with van der Waals surface area (Å²) in [6.07, 6.45) is 7.38. The Morgan fingerprint density at radius 2 is 1.80 bits per heavy atom. The van der Waals surface area contributed by atoms with Crippen molar-refractivity contribution in [3.05, 3.63) is 78.6 Å². The van der Waals surface area contributed by atoms with E-state index >= 15 is 0 Å². The van der Waals surface area contributed by atoms with Crippen LogP contribution in [0.2, 0.25) is 0 Å². The van der Waals surface area contributed by atoms with E-state index in [-0.39, 0.29) is 12.2 Å². The molecule has 4 aromatic heterocycles. The maximum Gasteiger partial charge on any atom is 0.170 e. The van der Waals surface area contributed by atoms with Crippen molar-refractivity contribution in [3.8, 4) is 11.1 Å². The normalized spacial score (nSPS) is 14.6. The quantitative estimate of drug-likeness (QED) is 0.397. The van der Waals surface area contributed by atoms with Gasteiger partial charge >= 0.3 is 0 Å². The molecule has 0 bridgehead atoms. The lowest BCUT2D eigenvalue weighted by molar-refractivity contribution is 0.0991. The largest absolute Gasteiger partial charge is 0.360 e. The SMILES string of the molecule is CN1CCN(c2cc(C(=O)Cc3ncc4ccc(-c5cnc6cc[nH]c6c5)cc4n3)ccn2)CC1. The van der Waals surface area contributed by atoms with E-state index in [4.69, 9.17) is 4.98 Å².